The molecule has 4 rings (SSSR count). The first-order chi connectivity index (χ1) is 11.1. The molecule has 0 amide bonds. The number of tetrazole rings is 1. The van der Waals surface area contributed by atoms with Gasteiger partial charge >= 0.3 is 0 Å². The second-order valence-electron chi connectivity index (χ2n) is 6.30. The standard InChI is InChI=1S/C17H15N5O/c1-17(2)8-12-13(9-18)16-19-20-21-22(16)15(14(12)10-23-17)11-6-4-3-5-7-11/h3-7H,8,10H2,1-2H3. The van der Waals surface area contributed by atoms with Crippen LogP contribution in [0, 0.1) is 11.3 Å². The van der Waals surface area contributed by atoms with Crippen LogP contribution >= 0.6 is 0 Å². The zero-order chi connectivity index (χ0) is 16.0. The van der Waals surface area contributed by atoms with Crippen molar-refractivity contribution in [1.82, 2.24) is 20.0 Å². The Morgan fingerprint density at radius 3 is 2.74 bits per heavy atom. The largest absolute Gasteiger partial charge is 0.370 e. The minimum Gasteiger partial charge on any atom is -0.370 e. The van der Waals surface area contributed by atoms with Gasteiger partial charge in [-0.05, 0) is 29.8 Å². The molecule has 0 spiro atoms. The van der Waals surface area contributed by atoms with Gasteiger partial charge in [-0.2, -0.15) is 9.78 Å². The van der Waals surface area contributed by atoms with Crippen LogP contribution in [0.15, 0.2) is 30.3 Å². The van der Waals surface area contributed by atoms with Crippen molar-refractivity contribution in [2.24, 2.45) is 0 Å². The highest BCUT2D eigenvalue weighted by Crippen LogP contribution is 2.37. The highest BCUT2D eigenvalue weighted by molar-refractivity contribution is 5.73. The topological polar surface area (TPSA) is 76.1 Å². The molecule has 23 heavy (non-hydrogen) atoms. The van der Waals surface area contributed by atoms with Crippen molar-refractivity contribution in [3.63, 3.8) is 0 Å². The molecule has 6 heteroatoms. The SMILES string of the molecule is CC1(C)Cc2c(c(-c3ccccc3)n3nnnc3c2C#N)CO1. The number of nitriles is 1. The first kappa shape index (κ1) is 13.9. The van der Waals surface area contributed by atoms with Crippen molar-refractivity contribution < 1.29 is 4.74 Å². The van der Waals surface area contributed by atoms with Gasteiger partial charge in [-0.3, -0.25) is 0 Å². The second kappa shape index (κ2) is 4.86. The van der Waals surface area contributed by atoms with E-state index in [1.165, 1.54) is 0 Å². The van der Waals surface area contributed by atoms with E-state index in [0.717, 1.165) is 22.4 Å². The molecule has 3 aromatic rings. The molecule has 1 aliphatic heterocycles. The molecule has 3 heterocycles. The molecule has 0 atom stereocenters. The smallest absolute Gasteiger partial charge is 0.197 e. The number of ether oxygens (including phenoxy) is 1. The number of fused-ring (bicyclic) bond motifs is 2. The highest BCUT2D eigenvalue weighted by Gasteiger charge is 2.32. The predicted octanol–water partition coefficient (Wildman–Crippen LogP) is 2.51. The number of rotatable bonds is 1. The minimum atomic E-state index is -0.307. The third-order valence-electron chi connectivity index (χ3n) is 4.23. The Bertz CT molecular complexity index is 937. The Labute approximate surface area is 133 Å². The maximum absolute atomic E-state index is 9.64. The molecule has 0 saturated carbocycles. The van der Waals surface area contributed by atoms with E-state index in [1.54, 1.807) is 4.52 Å². The van der Waals surface area contributed by atoms with Crippen molar-refractivity contribution in [3.8, 4) is 17.3 Å². The summed E-state index contributed by atoms with van der Waals surface area (Å²) in [5.41, 5.74) is 4.63. The van der Waals surface area contributed by atoms with E-state index in [0.29, 0.717) is 24.2 Å². The summed E-state index contributed by atoms with van der Waals surface area (Å²) in [5, 5.41) is 21.6. The third-order valence-corrected chi connectivity index (χ3v) is 4.23. The molecule has 0 saturated heterocycles. The minimum absolute atomic E-state index is 0.307. The zero-order valence-corrected chi connectivity index (χ0v) is 12.9. The summed E-state index contributed by atoms with van der Waals surface area (Å²) >= 11 is 0. The van der Waals surface area contributed by atoms with E-state index in [1.807, 2.05) is 44.2 Å². The number of hydrogen-bond acceptors (Lipinski definition) is 5. The van der Waals surface area contributed by atoms with Gasteiger partial charge in [0.15, 0.2) is 5.65 Å². The summed E-state index contributed by atoms with van der Waals surface area (Å²) in [7, 11) is 0. The first-order valence-electron chi connectivity index (χ1n) is 7.46. The van der Waals surface area contributed by atoms with Gasteiger partial charge in [0.1, 0.15) is 11.6 Å². The lowest BCUT2D eigenvalue weighted by Gasteiger charge is -2.33. The van der Waals surface area contributed by atoms with Crippen LogP contribution in [0.1, 0.15) is 30.5 Å². The molecule has 0 N–H and O–H groups in total. The molecule has 0 fully saturated rings. The number of hydrogen-bond donors (Lipinski definition) is 0. The lowest BCUT2D eigenvalue weighted by Crippen LogP contribution is -2.33. The number of pyridine rings is 1. The van der Waals surface area contributed by atoms with E-state index in [9.17, 15) is 5.26 Å². The molecule has 0 unspecified atom stereocenters. The van der Waals surface area contributed by atoms with Crippen molar-refractivity contribution in [2.45, 2.75) is 32.5 Å². The molecule has 1 aliphatic rings. The molecule has 1 aromatic carbocycles. The van der Waals surface area contributed by atoms with Gasteiger partial charge in [0.2, 0.25) is 0 Å². The van der Waals surface area contributed by atoms with E-state index in [2.05, 4.69) is 21.6 Å². The van der Waals surface area contributed by atoms with Gasteiger partial charge in [0.25, 0.3) is 0 Å². The van der Waals surface area contributed by atoms with Gasteiger partial charge in [-0.25, -0.2) is 0 Å². The van der Waals surface area contributed by atoms with Gasteiger partial charge < -0.3 is 4.74 Å². The molecule has 0 aliphatic carbocycles. The summed E-state index contributed by atoms with van der Waals surface area (Å²) in [6, 6.07) is 12.2. The van der Waals surface area contributed by atoms with Crippen LogP contribution in [0.3, 0.4) is 0 Å². The number of benzene rings is 1. The van der Waals surface area contributed by atoms with Gasteiger partial charge in [-0.15, -0.1) is 5.10 Å². The van der Waals surface area contributed by atoms with Crippen LogP contribution in [0.2, 0.25) is 0 Å². The fraction of sp³-hybridized carbons (Fsp3) is 0.294. The first-order valence-corrected chi connectivity index (χ1v) is 7.46. The van der Waals surface area contributed by atoms with E-state index in [-0.39, 0.29) is 5.60 Å². The zero-order valence-electron chi connectivity index (χ0n) is 12.9. The van der Waals surface area contributed by atoms with E-state index >= 15 is 0 Å². The Morgan fingerprint density at radius 2 is 2.00 bits per heavy atom. The monoisotopic (exact) mass is 305 g/mol. The number of nitrogens with zero attached hydrogens (tertiary/aromatic N) is 5. The fourth-order valence-corrected chi connectivity index (χ4v) is 3.16. The maximum atomic E-state index is 9.64. The molecule has 2 aromatic heterocycles. The van der Waals surface area contributed by atoms with Crippen molar-refractivity contribution in [1.29, 1.82) is 5.26 Å². The maximum Gasteiger partial charge on any atom is 0.197 e. The Hall–Kier alpha value is -2.78. The van der Waals surface area contributed by atoms with Crippen LogP contribution < -0.4 is 0 Å². The van der Waals surface area contributed by atoms with Crippen molar-refractivity contribution in [2.75, 3.05) is 0 Å². The summed E-state index contributed by atoms with van der Waals surface area (Å²) < 4.78 is 7.63. The van der Waals surface area contributed by atoms with Crippen molar-refractivity contribution >= 4 is 5.65 Å². The Balaban J connectivity index is 2.12. The van der Waals surface area contributed by atoms with Crippen LogP contribution in [-0.4, -0.2) is 25.6 Å². The van der Waals surface area contributed by atoms with Gasteiger partial charge in [-0.1, -0.05) is 30.3 Å². The fourth-order valence-electron chi connectivity index (χ4n) is 3.16. The average Bonchev–Trinajstić information content (AvgIpc) is 3.01. The third kappa shape index (κ3) is 2.09. The van der Waals surface area contributed by atoms with Crippen LogP contribution in [0.4, 0.5) is 0 Å². The second-order valence-corrected chi connectivity index (χ2v) is 6.30. The normalized spacial score (nSPS) is 16.0. The van der Waals surface area contributed by atoms with Gasteiger partial charge in [0.05, 0.1) is 17.9 Å². The molecule has 0 radical (unpaired) electrons. The van der Waals surface area contributed by atoms with Crippen LogP contribution in [-0.2, 0) is 17.8 Å². The molecule has 6 nitrogen and oxygen atoms in total. The number of aromatic nitrogens is 4. The average molecular weight is 305 g/mol. The molecular formula is C17H15N5O. The summed E-state index contributed by atoms with van der Waals surface area (Å²) in [6.07, 6.45) is 0.661. The quantitative estimate of drug-likeness (QED) is 0.690. The van der Waals surface area contributed by atoms with Crippen LogP contribution in [0.25, 0.3) is 16.9 Å². The summed E-state index contributed by atoms with van der Waals surface area (Å²) in [5.74, 6) is 0. The lowest BCUT2D eigenvalue weighted by molar-refractivity contribution is -0.0400. The highest BCUT2D eigenvalue weighted by atomic mass is 16.5. The van der Waals surface area contributed by atoms with E-state index in [4.69, 9.17) is 4.74 Å². The molecule has 0 bridgehead atoms. The van der Waals surface area contributed by atoms with Crippen molar-refractivity contribution in [3.05, 3.63) is 47.0 Å². The lowest BCUT2D eigenvalue weighted by atomic mass is 9.87. The Morgan fingerprint density at radius 1 is 1.22 bits per heavy atom. The van der Waals surface area contributed by atoms with E-state index < -0.39 is 0 Å². The molecule has 114 valence electrons. The summed E-state index contributed by atoms with van der Waals surface area (Å²) in [4.78, 5) is 0. The Kier molecular flexibility index (Phi) is 2.93. The van der Waals surface area contributed by atoms with Crippen LogP contribution in [0.5, 0.6) is 0 Å². The summed E-state index contributed by atoms with van der Waals surface area (Å²) in [6.45, 7) is 4.51. The molecular weight excluding hydrogens is 290 g/mol. The van der Waals surface area contributed by atoms with Gasteiger partial charge in [0, 0.05) is 17.5 Å². The predicted molar refractivity (Wildman–Crippen MR) is 83.5 cm³/mol.